The molecule has 0 spiro atoms. The minimum Gasteiger partial charge on any atom is -0.469 e. The van der Waals surface area contributed by atoms with E-state index >= 15 is 0 Å². The van der Waals surface area contributed by atoms with Gasteiger partial charge in [0.1, 0.15) is 5.76 Å². The molecule has 4 nitrogen and oxygen atoms in total. The van der Waals surface area contributed by atoms with E-state index in [0.717, 1.165) is 30.6 Å². The Kier molecular flexibility index (Phi) is 3.62. The first-order chi connectivity index (χ1) is 7.81. The van der Waals surface area contributed by atoms with Crippen LogP contribution in [-0.4, -0.2) is 17.6 Å². The van der Waals surface area contributed by atoms with E-state index < -0.39 is 0 Å². The molecule has 0 aromatic carbocycles. The van der Waals surface area contributed by atoms with Gasteiger partial charge in [0.05, 0.1) is 12.3 Å². The van der Waals surface area contributed by atoms with Gasteiger partial charge in [-0.15, -0.1) is 0 Å². The molecule has 88 valence electrons. The Morgan fingerprint density at radius 1 is 1.62 bits per heavy atom. The second-order valence-electron chi connectivity index (χ2n) is 4.14. The SMILES string of the molecule is O=C(CCCO)NC1CCCc2occc21. The van der Waals surface area contributed by atoms with Crippen LogP contribution >= 0.6 is 0 Å². The first-order valence-corrected chi connectivity index (χ1v) is 5.77. The molecule has 1 aromatic rings. The van der Waals surface area contributed by atoms with E-state index in [0.29, 0.717) is 12.8 Å². The molecule has 0 bridgehead atoms. The van der Waals surface area contributed by atoms with E-state index in [2.05, 4.69) is 5.32 Å². The molecule has 16 heavy (non-hydrogen) atoms. The highest BCUT2D eigenvalue weighted by atomic mass is 16.3. The molecule has 2 N–H and O–H groups in total. The molecule has 4 heteroatoms. The van der Waals surface area contributed by atoms with Crippen molar-refractivity contribution in [2.75, 3.05) is 6.61 Å². The lowest BCUT2D eigenvalue weighted by molar-refractivity contribution is -0.122. The quantitative estimate of drug-likeness (QED) is 0.814. The van der Waals surface area contributed by atoms with Crippen molar-refractivity contribution in [3.63, 3.8) is 0 Å². The summed E-state index contributed by atoms with van der Waals surface area (Å²) in [5.74, 6) is 1.01. The predicted molar refractivity (Wildman–Crippen MR) is 58.8 cm³/mol. The van der Waals surface area contributed by atoms with Gasteiger partial charge in [0.15, 0.2) is 0 Å². The summed E-state index contributed by atoms with van der Waals surface area (Å²) in [5.41, 5.74) is 1.11. The number of furan rings is 1. The molecule has 1 atom stereocenters. The normalized spacial score (nSPS) is 19.2. The van der Waals surface area contributed by atoms with Crippen LogP contribution in [0.25, 0.3) is 0 Å². The Balaban J connectivity index is 1.94. The molecule has 1 aromatic heterocycles. The fraction of sp³-hybridized carbons (Fsp3) is 0.583. The summed E-state index contributed by atoms with van der Waals surface area (Å²) in [4.78, 5) is 11.5. The number of amides is 1. The van der Waals surface area contributed by atoms with E-state index in [1.807, 2.05) is 6.07 Å². The van der Waals surface area contributed by atoms with Crippen LogP contribution in [0.15, 0.2) is 16.7 Å². The van der Waals surface area contributed by atoms with Gasteiger partial charge in [-0.1, -0.05) is 0 Å². The van der Waals surface area contributed by atoms with E-state index in [-0.39, 0.29) is 18.6 Å². The molecule has 0 saturated carbocycles. The van der Waals surface area contributed by atoms with Crippen LogP contribution in [-0.2, 0) is 11.2 Å². The van der Waals surface area contributed by atoms with Crippen LogP contribution in [0.2, 0.25) is 0 Å². The van der Waals surface area contributed by atoms with Crippen molar-refractivity contribution in [1.29, 1.82) is 0 Å². The molecule has 1 aliphatic rings. The van der Waals surface area contributed by atoms with Gasteiger partial charge in [-0.05, 0) is 25.3 Å². The third-order valence-electron chi connectivity index (χ3n) is 2.95. The van der Waals surface area contributed by atoms with Crippen molar-refractivity contribution in [3.8, 4) is 0 Å². The van der Waals surface area contributed by atoms with Gasteiger partial charge in [-0.25, -0.2) is 0 Å². The summed E-state index contributed by atoms with van der Waals surface area (Å²) < 4.78 is 5.36. The number of rotatable bonds is 4. The minimum absolute atomic E-state index is 0.00750. The van der Waals surface area contributed by atoms with Crippen molar-refractivity contribution in [3.05, 3.63) is 23.7 Å². The summed E-state index contributed by atoms with van der Waals surface area (Å²) in [5, 5.41) is 11.6. The fourth-order valence-electron chi connectivity index (χ4n) is 2.14. The highest BCUT2D eigenvalue weighted by Crippen LogP contribution is 2.30. The summed E-state index contributed by atoms with van der Waals surface area (Å²) in [7, 11) is 0. The highest BCUT2D eigenvalue weighted by molar-refractivity contribution is 5.76. The molecule has 1 heterocycles. The maximum absolute atomic E-state index is 11.5. The number of aryl methyl sites for hydroxylation is 1. The molecular formula is C12H17NO3. The zero-order valence-electron chi connectivity index (χ0n) is 9.24. The number of carbonyl (C=O) groups excluding carboxylic acids is 1. The van der Waals surface area contributed by atoms with Gasteiger partial charge in [0, 0.05) is 25.0 Å². The van der Waals surface area contributed by atoms with Gasteiger partial charge in [-0.2, -0.15) is 0 Å². The molecule has 1 amide bonds. The Labute approximate surface area is 94.6 Å². The third-order valence-corrected chi connectivity index (χ3v) is 2.95. The second kappa shape index (κ2) is 5.16. The monoisotopic (exact) mass is 223 g/mol. The Bertz CT molecular complexity index is 359. The summed E-state index contributed by atoms with van der Waals surface area (Å²) in [6.45, 7) is 0.0645. The smallest absolute Gasteiger partial charge is 0.220 e. The van der Waals surface area contributed by atoms with Crippen LogP contribution in [0.5, 0.6) is 0 Å². The fourth-order valence-corrected chi connectivity index (χ4v) is 2.14. The molecule has 0 saturated heterocycles. The number of aliphatic hydroxyl groups excluding tert-OH is 1. The summed E-state index contributed by atoms with van der Waals surface area (Å²) in [6, 6.07) is 2.03. The van der Waals surface area contributed by atoms with Crippen LogP contribution in [0.3, 0.4) is 0 Å². The van der Waals surface area contributed by atoms with Crippen molar-refractivity contribution >= 4 is 5.91 Å². The second-order valence-corrected chi connectivity index (χ2v) is 4.14. The van der Waals surface area contributed by atoms with E-state index in [1.165, 1.54) is 0 Å². The third kappa shape index (κ3) is 2.44. The van der Waals surface area contributed by atoms with E-state index in [1.54, 1.807) is 6.26 Å². The van der Waals surface area contributed by atoms with Crippen molar-refractivity contribution < 1.29 is 14.3 Å². The number of fused-ring (bicyclic) bond motifs is 1. The molecular weight excluding hydrogens is 206 g/mol. The zero-order chi connectivity index (χ0) is 11.4. The lowest BCUT2D eigenvalue weighted by Crippen LogP contribution is -2.30. The van der Waals surface area contributed by atoms with Gasteiger partial charge in [-0.3, -0.25) is 4.79 Å². The van der Waals surface area contributed by atoms with Gasteiger partial charge < -0.3 is 14.8 Å². The zero-order valence-corrected chi connectivity index (χ0v) is 9.24. The Hall–Kier alpha value is -1.29. The van der Waals surface area contributed by atoms with E-state index in [9.17, 15) is 4.79 Å². The lowest BCUT2D eigenvalue weighted by atomic mass is 9.93. The number of hydrogen-bond acceptors (Lipinski definition) is 3. The Morgan fingerprint density at radius 3 is 3.31 bits per heavy atom. The van der Waals surface area contributed by atoms with Gasteiger partial charge in [0.25, 0.3) is 0 Å². The molecule has 1 aliphatic carbocycles. The molecule has 0 fully saturated rings. The average molecular weight is 223 g/mol. The Morgan fingerprint density at radius 2 is 2.50 bits per heavy atom. The minimum atomic E-state index is 0.00750. The average Bonchev–Trinajstić information content (AvgIpc) is 2.75. The number of aliphatic hydroxyl groups is 1. The molecule has 0 radical (unpaired) electrons. The number of hydrogen-bond donors (Lipinski definition) is 2. The van der Waals surface area contributed by atoms with Crippen molar-refractivity contribution in [2.24, 2.45) is 0 Å². The van der Waals surface area contributed by atoms with Crippen LogP contribution < -0.4 is 5.32 Å². The van der Waals surface area contributed by atoms with Crippen molar-refractivity contribution in [2.45, 2.75) is 38.1 Å². The van der Waals surface area contributed by atoms with Crippen molar-refractivity contribution in [1.82, 2.24) is 5.32 Å². The maximum atomic E-state index is 11.5. The predicted octanol–water partition coefficient (Wildman–Crippen LogP) is 1.55. The molecule has 1 unspecified atom stereocenters. The van der Waals surface area contributed by atoms with Crippen LogP contribution in [0.1, 0.15) is 43.0 Å². The largest absolute Gasteiger partial charge is 0.469 e. The summed E-state index contributed by atoms with van der Waals surface area (Å²) in [6.07, 6.45) is 5.58. The van der Waals surface area contributed by atoms with Crippen LogP contribution in [0.4, 0.5) is 0 Å². The standard InChI is InChI=1S/C12H17NO3/c14-7-2-5-12(15)13-10-3-1-4-11-9(10)6-8-16-11/h6,8,10,14H,1-5,7H2,(H,13,15). The lowest BCUT2D eigenvalue weighted by Gasteiger charge is -2.22. The topological polar surface area (TPSA) is 62.5 Å². The van der Waals surface area contributed by atoms with E-state index in [4.69, 9.17) is 9.52 Å². The molecule has 0 aliphatic heterocycles. The first kappa shape index (κ1) is 11.2. The summed E-state index contributed by atoms with van der Waals surface area (Å²) >= 11 is 0. The van der Waals surface area contributed by atoms with Gasteiger partial charge >= 0.3 is 0 Å². The first-order valence-electron chi connectivity index (χ1n) is 5.77. The highest BCUT2D eigenvalue weighted by Gasteiger charge is 2.23. The maximum Gasteiger partial charge on any atom is 0.220 e. The molecule has 2 rings (SSSR count). The number of carbonyl (C=O) groups is 1. The van der Waals surface area contributed by atoms with Crippen LogP contribution in [0, 0.1) is 0 Å². The number of nitrogens with one attached hydrogen (secondary N) is 1. The van der Waals surface area contributed by atoms with Gasteiger partial charge in [0.2, 0.25) is 5.91 Å².